The monoisotopic (exact) mass is 223 g/mol. The molecule has 0 heterocycles. The third-order valence-electron chi connectivity index (χ3n) is 3.37. The smallest absolute Gasteiger partial charge is 0.221 e. The van der Waals surface area contributed by atoms with Crippen molar-refractivity contribution in [3.05, 3.63) is 34.9 Å². The lowest BCUT2D eigenvalue weighted by atomic mass is 10.0. The quantitative estimate of drug-likeness (QED) is 0.823. The largest absolute Gasteiger partial charge is 0.369 e. The minimum absolute atomic E-state index is 0.0587. The molecule has 1 aromatic rings. The molecule has 0 radical (unpaired) electrons. The average molecular weight is 224 g/mol. The Morgan fingerprint density at radius 3 is 2.47 bits per heavy atom. The summed E-state index contributed by atoms with van der Waals surface area (Å²) in [4.78, 5) is 11.3. The molecule has 3 heteroatoms. The van der Waals surface area contributed by atoms with E-state index in [0.717, 1.165) is 10.6 Å². The van der Waals surface area contributed by atoms with Gasteiger partial charge in [0.15, 0.2) is 0 Å². The van der Waals surface area contributed by atoms with Gasteiger partial charge in [0.25, 0.3) is 0 Å². The van der Waals surface area contributed by atoms with E-state index in [-0.39, 0.29) is 23.2 Å². The molecule has 2 rings (SSSR count). The molecule has 0 unspecified atom stereocenters. The van der Waals surface area contributed by atoms with E-state index in [4.69, 9.17) is 17.3 Å². The summed E-state index contributed by atoms with van der Waals surface area (Å²) in [6, 6.07) is 7.65. The van der Waals surface area contributed by atoms with Gasteiger partial charge in [-0.3, -0.25) is 4.79 Å². The molecule has 1 aromatic carbocycles. The topological polar surface area (TPSA) is 43.1 Å². The van der Waals surface area contributed by atoms with Crippen LogP contribution in [0.1, 0.15) is 25.3 Å². The molecule has 1 amide bonds. The fourth-order valence-electron chi connectivity index (χ4n) is 2.48. The molecule has 0 spiro atoms. The first-order chi connectivity index (χ1) is 6.96. The Hall–Kier alpha value is -1.02. The molecule has 2 atom stereocenters. The van der Waals surface area contributed by atoms with Crippen LogP contribution in [0.4, 0.5) is 0 Å². The van der Waals surface area contributed by atoms with Gasteiger partial charge in [0.1, 0.15) is 0 Å². The van der Waals surface area contributed by atoms with Crippen molar-refractivity contribution in [2.24, 2.45) is 17.1 Å². The first kappa shape index (κ1) is 10.5. The van der Waals surface area contributed by atoms with Crippen molar-refractivity contribution in [3.63, 3.8) is 0 Å². The summed E-state index contributed by atoms with van der Waals surface area (Å²) in [6.07, 6.45) is 0. The summed E-state index contributed by atoms with van der Waals surface area (Å²) in [7, 11) is 0. The lowest BCUT2D eigenvalue weighted by molar-refractivity contribution is -0.119. The zero-order chi connectivity index (χ0) is 11.2. The van der Waals surface area contributed by atoms with Crippen molar-refractivity contribution in [1.82, 2.24) is 0 Å². The number of primary amides is 1. The third-order valence-corrected chi connectivity index (χ3v) is 3.72. The van der Waals surface area contributed by atoms with Gasteiger partial charge in [-0.05, 0) is 17.0 Å². The highest BCUT2D eigenvalue weighted by atomic mass is 35.5. The first-order valence-electron chi connectivity index (χ1n) is 5.00. The second-order valence-electron chi connectivity index (χ2n) is 4.70. The van der Waals surface area contributed by atoms with Crippen LogP contribution in [0.15, 0.2) is 24.3 Å². The summed E-state index contributed by atoms with van der Waals surface area (Å²) in [5.41, 5.74) is 6.35. The van der Waals surface area contributed by atoms with E-state index < -0.39 is 0 Å². The molecular formula is C12H14ClNO. The van der Waals surface area contributed by atoms with E-state index >= 15 is 0 Å². The predicted molar refractivity (Wildman–Crippen MR) is 60.7 cm³/mol. The summed E-state index contributed by atoms with van der Waals surface area (Å²) in [6.45, 7) is 4.10. The second kappa shape index (κ2) is 3.24. The van der Waals surface area contributed by atoms with Crippen LogP contribution in [0, 0.1) is 11.3 Å². The standard InChI is InChI=1S/C12H14ClNO/c1-12(2)9(10(12)11(14)15)7-5-3-4-6-8(7)13/h3-6,9-10H,1-2H3,(H2,14,15)/t9-,10+/m0/s1. The molecule has 0 bridgehead atoms. The fourth-order valence-corrected chi connectivity index (χ4v) is 2.73. The van der Waals surface area contributed by atoms with Gasteiger partial charge in [-0.25, -0.2) is 0 Å². The Balaban J connectivity index is 2.36. The summed E-state index contributed by atoms with van der Waals surface area (Å²) in [5.74, 6) is -0.147. The van der Waals surface area contributed by atoms with Crippen molar-refractivity contribution < 1.29 is 4.79 Å². The number of hydrogen-bond donors (Lipinski definition) is 1. The van der Waals surface area contributed by atoms with E-state index in [1.165, 1.54) is 0 Å². The number of hydrogen-bond acceptors (Lipinski definition) is 1. The molecule has 1 aliphatic rings. The number of benzene rings is 1. The zero-order valence-electron chi connectivity index (χ0n) is 8.83. The van der Waals surface area contributed by atoms with Crippen LogP contribution in [0.25, 0.3) is 0 Å². The average Bonchev–Trinajstić information content (AvgIpc) is 2.70. The van der Waals surface area contributed by atoms with Crippen LogP contribution in [-0.4, -0.2) is 5.91 Å². The Morgan fingerprint density at radius 2 is 2.00 bits per heavy atom. The van der Waals surface area contributed by atoms with E-state index in [1.54, 1.807) is 0 Å². The van der Waals surface area contributed by atoms with Gasteiger partial charge in [-0.15, -0.1) is 0 Å². The van der Waals surface area contributed by atoms with Gasteiger partial charge >= 0.3 is 0 Å². The molecule has 1 aliphatic carbocycles. The van der Waals surface area contributed by atoms with E-state index in [1.807, 2.05) is 24.3 Å². The van der Waals surface area contributed by atoms with Gasteiger partial charge < -0.3 is 5.73 Å². The maximum atomic E-state index is 11.3. The van der Waals surface area contributed by atoms with Crippen LogP contribution in [0.5, 0.6) is 0 Å². The second-order valence-corrected chi connectivity index (χ2v) is 5.11. The Morgan fingerprint density at radius 1 is 1.40 bits per heavy atom. The molecule has 1 saturated carbocycles. The van der Waals surface area contributed by atoms with Crippen molar-refractivity contribution in [2.75, 3.05) is 0 Å². The zero-order valence-corrected chi connectivity index (χ0v) is 9.58. The van der Waals surface area contributed by atoms with Crippen LogP contribution >= 0.6 is 11.6 Å². The summed E-state index contributed by atoms with van der Waals surface area (Å²) < 4.78 is 0. The van der Waals surface area contributed by atoms with Crippen molar-refractivity contribution in [1.29, 1.82) is 0 Å². The van der Waals surface area contributed by atoms with Crippen LogP contribution < -0.4 is 5.73 Å². The molecule has 2 N–H and O–H groups in total. The maximum absolute atomic E-state index is 11.3. The lowest BCUT2D eigenvalue weighted by Gasteiger charge is -2.04. The molecule has 0 aromatic heterocycles. The Labute approximate surface area is 94.4 Å². The van der Waals surface area contributed by atoms with Gasteiger partial charge in [-0.1, -0.05) is 43.6 Å². The predicted octanol–water partition coefficient (Wildman–Crippen LogP) is 2.56. The number of rotatable bonds is 2. The fraction of sp³-hybridized carbons (Fsp3) is 0.417. The number of amides is 1. The Kier molecular flexibility index (Phi) is 2.27. The highest BCUT2D eigenvalue weighted by Crippen LogP contribution is 2.65. The molecule has 0 saturated heterocycles. The molecule has 0 aliphatic heterocycles. The number of carbonyl (C=O) groups is 1. The highest BCUT2D eigenvalue weighted by Gasteiger charge is 2.61. The first-order valence-corrected chi connectivity index (χ1v) is 5.38. The van der Waals surface area contributed by atoms with Crippen molar-refractivity contribution in [3.8, 4) is 0 Å². The summed E-state index contributed by atoms with van der Waals surface area (Å²) >= 11 is 6.10. The van der Waals surface area contributed by atoms with Crippen LogP contribution in [0.2, 0.25) is 5.02 Å². The molecule has 2 nitrogen and oxygen atoms in total. The molecule has 80 valence electrons. The minimum atomic E-state index is -0.232. The van der Waals surface area contributed by atoms with Crippen molar-refractivity contribution >= 4 is 17.5 Å². The molecule has 15 heavy (non-hydrogen) atoms. The number of carbonyl (C=O) groups excluding carboxylic acids is 1. The van der Waals surface area contributed by atoms with Gasteiger partial charge in [0.05, 0.1) is 5.92 Å². The minimum Gasteiger partial charge on any atom is -0.369 e. The van der Waals surface area contributed by atoms with Crippen molar-refractivity contribution in [2.45, 2.75) is 19.8 Å². The van der Waals surface area contributed by atoms with Crippen LogP contribution in [0.3, 0.4) is 0 Å². The van der Waals surface area contributed by atoms with E-state index in [0.29, 0.717) is 0 Å². The lowest BCUT2D eigenvalue weighted by Crippen LogP contribution is -2.16. The van der Waals surface area contributed by atoms with E-state index in [2.05, 4.69) is 13.8 Å². The van der Waals surface area contributed by atoms with Gasteiger partial charge in [-0.2, -0.15) is 0 Å². The molecule has 1 fully saturated rings. The third kappa shape index (κ3) is 1.53. The van der Waals surface area contributed by atoms with Crippen LogP contribution in [-0.2, 0) is 4.79 Å². The molecular weight excluding hydrogens is 210 g/mol. The number of halogens is 1. The van der Waals surface area contributed by atoms with Gasteiger partial charge in [0.2, 0.25) is 5.91 Å². The maximum Gasteiger partial charge on any atom is 0.221 e. The highest BCUT2D eigenvalue weighted by molar-refractivity contribution is 6.31. The number of nitrogens with two attached hydrogens (primary N) is 1. The van der Waals surface area contributed by atoms with E-state index in [9.17, 15) is 4.79 Å². The van der Waals surface area contributed by atoms with Gasteiger partial charge in [0, 0.05) is 10.9 Å². The summed E-state index contributed by atoms with van der Waals surface area (Å²) in [5, 5.41) is 0.722. The Bertz CT molecular complexity index is 414. The normalized spacial score (nSPS) is 27.4. The SMILES string of the molecule is CC1(C)[C@@H](C(N)=O)[C@@H]1c1ccccc1Cl.